The summed E-state index contributed by atoms with van der Waals surface area (Å²) >= 11 is 7.46. The van der Waals surface area contributed by atoms with Gasteiger partial charge in [-0.25, -0.2) is 9.78 Å². The number of fused-ring (bicyclic) bond motifs is 1. The summed E-state index contributed by atoms with van der Waals surface area (Å²) in [6.07, 6.45) is 0. The number of aromatic nitrogens is 2. The lowest BCUT2D eigenvalue weighted by Gasteiger charge is -2.28. The van der Waals surface area contributed by atoms with Crippen LogP contribution in [0.4, 0.5) is 5.82 Å². The van der Waals surface area contributed by atoms with Gasteiger partial charge in [-0.2, -0.15) is 0 Å². The first-order valence-corrected chi connectivity index (χ1v) is 10.00. The number of benzene rings is 1. The Morgan fingerprint density at radius 3 is 2.63 bits per heavy atom. The van der Waals surface area contributed by atoms with E-state index in [9.17, 15) is 9.59 Å². The molecule has 1 aromatic heterocycles. The Labute approximate surface area is 166 Å². The minimum atomic E-state index is -0.588. The molecule has 27 heavy (non-hydrogen) atoms. The van der Waals surface area contributed by atoms with Gasteiger partial charge in [0.05, 0.1) is 23.7 Å². The van der Waals surface area contributed by atoms with Gasteiger partial charge >= 0.3 is 5.97 Å². The van der Waals surface area contributed by atoms with E-state index in [2.05, 4.69) is 15.3 Å². The summed E-state index contributed by atoms with van der Waals surface area (Å²) in [6, 6.07) is 7.09. The average Bonchev–Trinajstić information content (AvgIpc) is 2.61. The van der Waals surface area contributed by atoms with Crippen molar-refractivity contribution in [2.24, 2.45) is 0 Å². The Balaban J connectivity index is 2.22. The van der Waals surface area contributed by atoms with E-state index >= 15 is 0 Å². The maximum atomic E-state index is 12.9. The van der Waals surface area contributed by atoms with Gasteiger partial charge in [-0.15, -0.1) is 0 Å². The van der Waals surface area contributed by atoms with Gasteiger partial charge in [0.1, 0.15) is 5.82 Å². The van der Waals surface area contributed by atoms with Crippen molar-refractivity contribution in [2.45, 2.75) is 31.8 Å². The fourth-order valence-corrected chi connectivity index (χ4v) is 3.82. The molecule has 142 valence electrons. The molecule has 0 saturated heterocycles. The van der Waals surface area contributed by atoms with E-state index in [1.54, 1.807) is 26.0 Å². The zero-order valence-electron chi connectivity index (χ0n) is 15.3. The summed E-state index contributed by atoms with van der Waals surface area (Å²) in [5.74, 6) is 0.194. The molecule has 6 nitrogen and oxygen atoms in total. The van der Waals surface area contributed by atoms with Gasteiger partial charge in [0.25, 0.3) is 5.56 Å². The first kappa shape index (κ1) is 19.5. The van der Waals surface area contributed by atoms with Crippen molar-refractivity contribution in [2.75, 3.05) is 17.7 Å². The first-order valence-electron chi connectivity index (χ1n) is 8.63. The minimum Gasteiger partial charge on any atom is -0.463 e. The van der Waals surface area contributed by atoms with Crippen LogP contribution in [0.3, 0.4) is 0 Å². The fraction of sp³-hybridized carbons (Fsp3) is 0.316. The number of allylic oxidation sites excluding steroid dienone is 1. The summed E-state index contributed by atoms with van der Waals surface area (Å²) in [5.41, 5.74) is 1.90. The number of aromatic amines is 1. The van der Waals surface area contributed by atoms with Crippen molar-refractivity contribution < 1.29 is 9.53 Å². The summed E-state index contributed by atoms with van der Waals surface area (Å²) in [4.78, 5) is 32.9. The Bertz CT molecular complexity index is 954. The predicted octanol–water partition coefficient (Wildman–Crippen LogP) is 3.93. The van der Waals surface area contributed by atoms with Crippen LogP contribution < -0.4 is 10.9 Å². The predicted molar refractivity (Wildman–Crippen MR) is 108 cm³/mol. The highest BCUT2D eigenvalue weighted by Gasteiger charge is 2.36. The van der Waals surface area contributed by atoms with E-state index in [1.807, 2.05) is 19.1 Å². The molecule has 0 radical (unpaired) electrons. The number of nitrogens with zero attached hydrogens (tertiary/aromatic N) is 1. The summed E-state index contributed by atoms with van der Waals surface area (Å²) in [5, 5.41) is 4.22. The van der Waals surface area contributed by atoms with Crippen LogP contribution in [0.25, 0.3) is 0 Å². The van der Waals surface area contributed by atoms with E-state index in [-0.39, 0.29) is 12.2 Å². The third-order valence-electron chi connectivity index (χ3n) is 4.20. The van der Waals surface area contributed by atoms with Crippen molar-refractivity contribution >= 4 is 35.1 Å². The van der Waals surface area contributed by atoms with Crippen LogP contribution in [0.5, 0.6) is 0 Å². The second-order valence-corrected chi connectivity index (χ2v) is 7.62. The lowest BCUT2D eigenvalue weighted by atomic mass is 9.82. The molecule has 0 aliphatic carbocycles. The molecule has 0 amide bonds. The summed E-state index contributed by atoms with van der Waals surface area (Å²) in [6.45, 7) is 5.76. The van der Waals surface area contributed by atoms with E-state index in [0.29, 0.717) is 32.8 Å². The maximum Gasteiger partial charge on any atom is 0.336 e. The van der Waals surface area contributed by atoms with Gasteiger partial charge in [-0.3, -0.25) is 4.79 Å². The lowest BCUT2D eigenvalue weighted by Crippen LogP contribution is -2.31. The van der Waals surface area contributed by atoms with Gasteiger partial charge in [0.15, 0.2) is 5.16 Å². The number of halogens is 1. The SMILES string of the molecule is CCOC(=O)C1=C(C)Nc2nc(SCC)[nH]c(=O)c2C1c1ccc(Cl)cc1. The Hall–Kier alpha value is -2.25. The van der Waals surface area contributed by atoms with Crippen molar-refractivity contribution in [3.63, 3.8) is 0 Å². The van der Waals surface area contributed by atoms with Gasteiger partial charge in [0, 0.05) is 10.7 Å². The highest BCUT2D eigenvalue weighted by Crippen LogP contribution is 2.40. The third kappa shape index (κ3) is 3.89. The molecule has 0 saturated carbocycles. The number of carbonyl (C=O) groups is 1. The molecule has 0 fully saturated rings. The zero-order valence-corrected chi connectivity index (χ0v) is 16.8. The number of H-pyrrole nitrogens is 1. The Kier molecular flexibility index (Phi) is 5.92. The molecule has 2 N–H and O–H groups in total. The van der Waals surface area contributed by atoms with E-state index in [0.717, 1.165) is 11.3 Å². The fourth-order valence-electron chi connectivity index (χ4n) is 3.10. The Morgan fingerprint density at radius 1 is 1.30 bits per heavy atom. The van der Waals surface area contributed by atoms with Crippen molar-refractivity contribution in [1.82, 2.24) is 9.97 Å². The number of rotatable bonds is 5. The zero-order chi connectivity index (χ0) is 19.6. The number of nitrogens with one attached hydrogen (secondary N) is 2. The van der Waals surface area contributed by atoms with Crippen LogP contribution >= 0.6 is 23.4 Å². The van der Waals surface area contributed by atoms with Gasteiger partial charge in [-0.1, -0.05) is 42.4 Å². The molecule has 1 unspecified atom stereocenters. The second-order valence-electron chi connectivity index (χ2n) is 5.94. The molecule has 3 rings (SSSR count). The smallest absolute Gasteiger partial charge is 0.336 e. The van der Waals surface area contributed by atoms with Crippen LogP contribution in [0.2, 0.25) is 5.02 Å². The number of hydrogen-bond donors (Lipinski definition) is 2. The molecule has 0 bridgehead atoms. The van der Waals surface area contributed by atoms with E-state index in [4.69, 9.17) is 16.3 Å². The van der Waals surface area contributed by atoms with Gasteiger partial charge in [-0.05, 0) is 37.3 Å². The topological polar surface area (TPSA) is 84.1 Å². The number of ether oxygens (including phenoxy) is 1. The second kappa shape index (κ2) is 8.19. The maximum absolute atomic E-state index is 12.9. The molecule has 1 aliphatic heterocycles. The quantitative estimate of drug-likeness (QED) is 0.445. The molecule has 2 heterocycles. The van der Waals surface area contributed by atoms with Gasteiger partial charge < -0.3 is 15.0 Å². The van der Waals surface area contributed by atoms with E-state index < -0.39 is 11.9 Å². The number of esters is 1. The molecule has 1 aromatic carbocycles. The van der Waals surface area contributed by atoms with Crippen LogP contribution in [0.15, 0.2) is 45.5 Å². The lowest BCUT2D eigenvalue weighted by molar-refractivity contribution is -0.138. The van der Waals surface area contributed by atoms with E-state index in [1.165, 1.54) is 11.8 Å². The first-order chi connectivity index (χ1) is 13.0. The molecular weight excluding hydrogens is 386 g/mol. The molecule has 8 heteroatoms. The highest BCUT2D eigenvalue weighted by atomic mass is 35.5. The number of thioether (sulfide) groups is 1. The largest absolute Gasteiger partial charge is 0.463 e. The standard InChI is InChI=1S/C19H20ClN3O3S/c1-4-26-18(25)13-10(3)21-16-15(17(24)23-19(22-16)27-5-2)14(13)11-6-8-12(20)9-7-11/h6-9,14H,4-5H2,1-3H3,(H2,21,22,23,24). The number of hydrogen-bond acceptors (Lipinski definition) is 6. The van der Waals surface area contributed by atoms with Crippen LogP contribution in [0.1, 0.15) is 37.8 Å². The van der Waals surface area contributed by atoms with Crippen LogP contribution in [-0.4, -0.2) is 28.3 Å². The summed E-state index contributed by atoms with van der Waals surface area (Å²) < 4.78 is 5.24. The normalized spacial score (nSPS) is 15.9. The highest BCUT2D eigenvalue weighted by molar-refractivity contribution is 7.99. The van der Waals surface area contributed by atoms with Crippen molar-refractivity contribution in [3.8, 4) is 0 Å². The van der Waals surface area contributed by atoms with Crippen molar-refractivity contribution in [1.29, 1.82) is 0 Å². The van der Waals surface area contributed by atoms with Crippen LogP contribution in [0, 0.1) is 0 Å². The molecule has 1 aliphatic rings. The average molecular weight is 406 g/mol. The Morgan fingerprint density at radius 2 is 2.00 bits per heavy atom. The monoisotopic (exact) mass is 405 g/mol. The molecule has 2 aromatic rings. The van der Waals surface area contributed by atoms with Gasteiger partial charge in [0.2, 0.25) is 0 Å². The third-order valence-corrected chi connectivity index (χ3v) is 5.21. The number of anilines is 1. The van der Waals surface area contributed by atoms with Crippen LogP contribution in [-0.2, 0) is 9.53 Å². The van der Waals surface area contributed by atoms with Crippen molar-refractivity contribution in [3.05, 3.63) is 62.0 Å². The molecule has 0 spiro atoms. The summed E-state index contributed by atoms with van der Waals surface area (Å²) in [7, 11) is 0. The number of carbonyl (C=O) groups excluding carboxylic acids is 1. The minimum absolute atomic E-state index is 0.247. The molecule has 1 atom stereocenters. The molecular formula is C19H20ClN3O3S.